The van der Waals surface area contributed by atoms with E-state index in [9.17, 15) is 14.4 Å². The highest BCUT2D eigenvalue weighted by atomic mass is 16.6. The summed E-state index contributed by atoms with van der Waals surface area (Å²) < 4.78 is 4.99. The minimum Gasteiger partial charge on any atom is -0.450 e. The second kappa shape index (κ2) is 9.94. The van der Waals surface area contributed by atoms with Crippen molar-refractivity contribution in [3.8, 4) is 0 Å². The van der Waals surface area contributed by atoms with E-state index in [1.165, 1.54) is 6.92 Å². The van der Waals surface area contributed by atoms with Crippen LogP contribution in [-0.4, -0.2) is 71.9 Å². The molecule has 7 heteroatoms. The van der Waals surface area contributed by atoms with E-state index in [-0.39, 0.29) is 24.3 Å². The fourth-order valence-electron chi connectivity index (χ4n) is 3.08. The molecule has 1 aliphatic rings. The van der Waals surface area contributed by atoms with E-state index < -0.39 is 0 Å². The first-order valence-corrected chi connectivity index (χ1v) is 9.41. The Kier molecular flexibility index (Phi) is 7.64. The number of hydrogen-bond donors (Lipinski definition) is 0. The van der Waals surface area contributed by atoms with Crippen LogP contribution in [0.2, 0.25) is 0 Å². The maximum absolute atomic E-state index is 12.5. The van der Waals surface area contributed by atoms with Gasteiger partial charge in [-0.3, -0.25) is 9.59 Å². The Balaban J connectivity index is 1.83. The Labute approximate surface area is 160 Å². The number of piperazine rings is 1. The van der Waals surface area contributed by atoms with Crippen molar-refractivity contribution >= 4 is 17.9 Å². The molecule has 0 aliphatic carbocycles. The molecule has 7 nitrogen and oxygen atoms in total. The molecule has 1 saturated heterocycles. The average molecular weight is 375 g/mol. The van der Waals surface area contributed by atoms with Crippen LogP contribution in [0.4, 0.5) is 4.79 Å². The molecule has 0 bridgehead atoms. The van der Waals surface area contributed by atoms with E-state index in [1.54, 1.807) is 21.6 Å². The normalized spacial score (nSPS) is 14.0. The minimum atomic E-state index is -0.328. The summed E-state index contributed by atoms with van der Waals surface area (Å²) in [4.78, 5) is 41.3. The van der Waals surface area contributed by atoms with Crippen molar-refractivity contribution < 1.29 is 19.1 Å². The van der Waals surface area contributed by atoms with Crippen molar-refractivity contribution in [2.75, 3.05) is 39.3 Å². The number of nitrogens with zero attached hydrogens (tertiary/aromatic N) is 3. The molecule has 1 aliphatic heterocycles. The third kappa shape index (κ3) is 5.98. The summed E-state index contributed by atoms with van der Waals surface area (Å²) in [6, 6.07) is 7.94. The average Bonchev–Trinajstić information content (AvgIpc) is 2.66. The Hall–Kier alpha value is -2.57. The maximum Gasteiger partial charge on any atom is 0.409 e. The third-order valence-electron chi connectivity index (χ3n) is 4.82. The molecule has 148 valence electrons. The fraction of sp³-hybridized carbons (Fsp3) is 0.550. The van der Waals surface area contributed by atoms with Crippen molar-refractivity contribution in [1.29, 1.82) is 0 Å². The Morgan fingerprint density at radius 1 is 1.07 bits per heavy atom. The van der Waals surface area contributed by atoms with Gasteiger partial charge < -0.3 is 19.4 Å². The Bertz CT molecular complexity index is 669. The van der Waals surface area contributed by atoms with Gasteiger partial charge in [0.25, 0.3) is 0 Å². The molecule has 27 heavy (non-hydrogen) atoms. The zero-order valence-corrected chi connectivity index (χ0v) is 16.4. The van der Waals surface area contributed by atoms with E-state index >= 15 is 0 Å². The molecule has 0 aromatic heterocycles. The minimum absolute atomic E-state index is 0.00884. The number of rotatable bonds is 6. The molecule has 0 atom stereocenters. The van der Waals surface area contributed by atoms with Crippen LogP contribution in [0, 0.1) is 6.92 Å². The smallest absolute Gasteiger partial charge is 0.409 e. The van der Waals surface area contributed by atoms with Gasteiger partial charge in [-0.1, -0.05) is 24.3 Å². The standard InChI is InChI=1S/C20H29N3O4/c1-4-27-20(26)22-13-11-21(12-14-22)19(25)9-10-23(17(3)24)15-18-8-6-5-7-16(18)2/h5-8H,4,9-15H2,1-3H3. The lowest BCUT2D eigenvalue weighted by Gasteiger charge is -2.34. The molecule has 0 saturated carbocycles. The Morgan fingerprint density at radius 2 is 1.70 bits per heavy atom. The predicted molar refractivity (Wildman–Crippen MR) is 102 cm³/mol. The van der Waals surface area contributed by atoms with Gasteiger partial charge >= 0.3 is 6.09 Å². The van der Waals surface area contributed by atoms with Gasteiger partial charge in [0, 0.05) is 52.6 Å². The maximum atomic E-state index is 12.5. The molecule has 0 N–H and O–H groups in total. The molecule has 0 radical (unpaired) electrons. The van der Waals surface area contributed by atoms with Crippen LogP contribution >= 0.6 is 0 Å². The highest BCUT2D eigenvalue weighted by Crippen LogP contribution is 2.12. The van der Waals surface area contributed by atoms with Gasteiger partial charge in [-0.05, 0) is 25.0 Å². The second-order valence-corrected chi connectivity index (χ2v) is 6.68. The lowest BCUT2D eigenvalue weighted by Crippen LogP contribution is -2.51. The van der Waals surface area contributed by atoms with E-state index in [1.807, 2.05) is 31.2 Å². The van der Waals surface area contributed by atoms with Gasteiger partial charge in [0.05, 0.1) is 6.61 Å². The van der Waals surface area contributed by atoms with Crippen LogP contribution in [0.15, 0.2) is 24.3 Å². The van der Waals surface area contributed by atoms with E-state index in [0.717, 1.165) is 11.1 Å². The number of aryl methyl sites for hydroxylation is 1. The number of carbonyl (C=O) groups is 3. The van der Waals surface area contributed by atoms with Crippen molar-refractivity contribution in [1.82, 2.24) is 14.7 Å². The molecule has 0 spiro atoms. The molecular formula is C20H29N3O4. The van der Waals surface area contributed by atoms with Crippen molar-refractivity contribution in [2.24, 2.45) is 0 Å². The highest BCUT2D eigenvalue weighted by Gasteiger charge is 2.25. The topological polar surface area (TPSA) is 70.2 Å². The van der Waals surface area contributed by atoms with E-state index in [0.29, 0.717) is 45.9 Å². The molecule has 1 fully saturated rings. The number of benzene rings is 1. The molecular weight excluding hydrogens is 346 g/mol. The van der Waals surface area contributed by atoms with Gasteiger partial charge in [-0.25, -0.2) is 4.79 Å². The zero-order chi connectivity index (χ0) is 19.8. The SMILES string of the molecule is CCOC(=O)N1CCN(C(=O)CCN(Cc2ccccc2C)C(C)=O)CC1. The summed E-state index contributed by atoms with van der Waals surface area (Å²) >= 11 is 0. The first-order chi connectivity index (χ1) is 12.9. The largest absolute Gasteiger partial charge is 0.450 e. The van der Waals surface area contributed by atoms with Crippen LogP contribution < -0.4 is 0 Å². The lowest BCUT2D eigenvalue weighted by molar-refractivity contribution is -0.134. The van der Waals surface area contributed by atoms with E-state index in [4.69, 9.17) is 4.74 Å². The summed E-state index contributed by atoms with van der Waals surface area (Å²) in [5.74, 6) is -0.0345. The summed E-state index contributed by atoms with van der Waals surface area (Å²) in [7, 11) is 0. The lowest BCUT2D eigenvalue weighted by atomic mass is 10.1. The number of amides is 3. The van der Waals surface area contributed by atoms with Crippen LogP contribution in [-0.2, 0) is 20.9 Å². The number of ether oxygens (including phenoxy) is 1. The zero-order valence-electron chi connectivity index (χ0n) is 16.4. The fourth-order valence-corrected chi connectivity index (χ4v) is 3.08. The van der Waals surface area contributed by atoms with Crippen LogP contribution in [0.1, 0.15) is 31.4 Å². The summed E-state index contributed by atoms with van der Waals surface area (Å²) in [6.45, 7) is 8.50. The third-order valence-corrected chi connectivity index (χ3v) is 4.82. The predicted octanol–water partition coefficient (Wildman–Crippen LogP) is 2.03. The van der Waals surface area contributed by atoms with Gasteiger partial charge in [-0.15, -0.1) is 0 Å². The summed E-state index contributed by atoms with van der Waals surface area (Å²) in [5, 5.41) is 0. The highest BCUT2D eigenvalue weighted by molar-refractivity contribution is 5.78. The van der Waals surface area contributed by atoms with Crippen molar-refractivity contribution in [2.45, 2.75) is 33.7 Å². The molecule has 1 heterocycles. The monoisotopic (exact) mass is 375 g/mol. The van der Waals surface area contributed by atoms with Crippen LogP contribution in [0.3, 0.4) is 0 Å². The molecule has 2 rings (SSSR count). The second-order valence-electron chi connectivity index (χ2n) is 6.68. The number of hydrogen-bond acceptors (Lipinski definition) is 4. The molecule has 0 unspecified atom stereocenters. The first-order valence-electron chi connectivity index (χ1n) is 9.41. The summed E-state index contributed by atoms with van der Waals surface area (Å²) in [6.07, 6.45) is -0.0456. The van der Waals surface area contributed by atoms with Gasteiger partial charge in [-0.2, -0.15) is 0 Å². The van der Waals surface area contributed by atoms with Crippen molar-refractivity contribution in [3.05, 3.63) is 35.4 Å². The van der Waals surface area contributed by atoms with Gasteiger partial charge in [0.2, 0.25) is 11.8 Å². The van der Waals surface area contributed by atoms with Gasteiger partial charge in [0.1, 0.15) is 0 Å². The van der Waals surface area contributed by atoms with E-state index in [2.05, 4.69) is 0 Å². The Morgan fingerprint density at radius 3 is 2.30 bits per heavy atom. The summed E-state index contributed by atoms with van der Waals surface area (Å²) in [5.41, 5.74) is 2.22. The van der Waals surface area contributed by atoms with Gasteiger partial charge in [0.15, 0.2) is 0 Å². The number of carbonyl (C=O) groups excluding carboxylic acids is 3. The molecule has 1 aromatic carbocycles. The molecule has 1 aromatic rings. The van der Waals surface area contributed by atoms with Crippen LogP contribution in [0.5, 0.6) is 0 Å². The molecule has 3 amide bonds. The first kappa shape index (κ1) is 20.7. The quantitative estimate of drug-likeness (QED) is 0.763. The van der Waals surface area contributed by atoms with Crippen LogP contribution in [0.25, 0.3) is 0 Å². The van der Waals surface area contributed by atoms with Crippen molar-refractivity contribution in [3.63, 3.8) is 0 Å².